The molecule has 1 rings (SSSR count). The predicted molar refractivity (Wildman–Crippen MR) is 68.3 cm³/mol. The summed E-state index contributed by atoms with van der Waals surface area (Å²) in [5, 5.41) is 3.35. The number of rotatable bonds is 4. The average molecular weight is 257 g/mol. The van der Waals surface area contributed by atoms with Gasteiger partial charge < -0.3 is 10.2 Å². The van der Waals surface area contributed by atoms with E-state index in [0.29, 0.717) is 23.9 Å². The number of anilines is 1. The summed E-state index contributed by atoms with van der Waals surface area (Å²) in [6.07, 6.45) is 0.401. The van der Waals surface area contributed by atoms with Gasteiger partial charge in [0, 0.05) is 27.1 Å². The summed E-state index contributed by atoms with van der Waals surface area (Å²) >= 11 is 5.95. The summed E-state index contributed by atoms with van der Waals surface area (Å²) in [6.45, 7) is 4.22. The second kappa shape index (κ2) is 5.82. The Labute approximate surface area is 106 Å². The minimum atomic E-state index is 0.0606. The van der Waals surface area contributed by atoms with Crippen LogP contribution in [0.1, 0.15) is 17.8 Å². The molecule has 6 heteroatoms. The van der Waals surface area contributed by atoms with E-state index in [1.54, 1.807) is 19.0 Å². The number of nitrogens with zero attached hydrogens (tertiary/aromatic N) is 3. The Hall–Kier alpha value is -1.36. The average Bonchev–Trinajstić information content (AvgIpc) is 2.25. The number of nitrogens with one attached hydrogen (secondary N) is 1. The molecule has 0 aliphatic rings. The maximum Gasteiger partial charge on any atom is 0.223 e. The second-order valence-electron chi connectivity index (χ2n) is 4.00. The number of hydrogen-bond acceptors (Lipinski definition) is 4. The molecular weight excluding hydrogens is 240 g/mol. The molecule has 0 saturated carbocycles. The van der Waals surface area contributed by atoms with Crippen LogP contribution in [0.3, 0.4) is 0 Å². The molecule has 17 heavy (non-hydrogen) atoms. The number of aryl methyl sites for hydroxylation is 2. The first kappa shape index (κ1) is 13.7. The van der Waals surface area contributed by atoms with Gasteiger partial charge in [-0.25, -0.2) is 9.97 Å². The summed E-state index contributed by atoms with van der Waals surface area (Å²) in [7, 11) is 3.45. The fraction of sp³-hybridized carbons (Fsp3) is 0.545. The highest BCUT2D eigenvalue weighted by Crippen LogP contribution is 2.18. The lowest BCUT2D eigenvalue weighted by Crippen LogP contribution is -2.24. The van der Waals surface area contributed by atoms with E-state index in [-0.39, 0.29) is 5.91 Å². The molecule has 0 saturated heterocycles. The van der Waals surface area contributed by atoms with Crippen LogP contribution < -0.4 is 5.32 Å². The van der Waals surface area contributed by atoms with Crippen molar-refractivity contribution in [2.75, 3.05) is 26.0 Å². The van der Waals surface area contributed by atoms with E-state index < -0.39 is 0 Å². The zero-order valence-corrected chi connectivity index (χ0v) is 11.3. The van der Waals surface area contributed by atoms with Crippen LogP contribution in [0.5, 0.6) is 0 Å². The summed E-state index contributed by atoms with van der Waals surface area (Å²) in [5.74, 6) is 0.590. The first-order chi connectivity index (χ1) is 7.91. The smallest absolute Gasteiger partial charge is 0.223 e. The SMILES string of the molecule is Cc1nc(Cl)c(NCCC(=O)N(C)C)nc1C. The Kier molecular flexibility index (Phi) is 4.69. The van der Waals surface area contributed by atoms with Crippen molar-refractivity contribution in [2.24, 2.45) is 0 Å². The van der Waals surface area contributed by atoms with E-state index >= 15 is 0 Å². The van der Waals surface area contributed by atoms with Gasteiger partial charge in [0.2, 0.25) is 5.91 Å². The molecule has 0 atom stereocenters. The molecule has 0 radical (unpaired) electrons. The van der Waals surface area contributed by atoms with Crippen LogP contribution >= 0.6 is 11.6 Å². The third-order valence-corrected chi connectivity index (χ3v) is 2.66. The topological polar surface area (TPSA) is 58.1 Å². The van der Waals surface area contributed by atoms with Crippen molar-refractivity contribution < 1.29 is 4.79 Å². The number of hydrogen-bond donors (Lipinski definition) is 1. The quantitative estimate of drug-likeness (QED) is 0.890. The highest BCUT2D eigenvalue weighted by molar-refractivity contribution is 6.31. The molecule has 0 aliphatic carbocycles. The van der Waals surface area contributed by atoms with Crippen molar-refractivity contribution in [1.82, 2.24) is 14.9 Å². The molecule has 0 aromatic carbocycles. The van der Waals surface area contributed by atoms with Gasteiger partial charge in [0.1, 0.15) is 0 Å². The predicted octanol–water partition coefficient (Wildman–Crippen LogP) is 1.64. The zero-order valence-electron chi connectivity index (χ0n) is 10.5. The van der Waals surface area contributed by atoms with E-state index in [4.69, 9.17) is 11.6 Å². The Balaban J connectivity index is 2.58. The van der Waals surface area contributed by atoms with Crippen LogP contribution in [0.2, 0.25) is 5.15 Å². The molecule has 0 spiro atoms. The molecule has 0 fully saturated rings. The first-order valence-electron chi connectivity index (χ1n) is 5.36. The van der Waals surface area contributed by atoms with Gasteiger partial charge in [-0.1, -0.05) is 11.6 Å². The molecule has 1 aromatic rings. The lowest BCUT2D eigenvalue weighted by molar-refractivity contribution is -0.128. The molecule has 1 aromatic heterocycles. The van der Waals surface area contributed by atoms with Gasteiger partial charge >= 0.3 is 0 Å². The number of halogens is 1. The minimum Gasteiger partial charge on any atom is -0.367 e. The third kappa shape index (κ3) is 3.85. The number of carbonyl (C=O) groups is 1. The Bertz CT molecular complexity index is 420. The molecule has 0 aliphatic heterocycles. The lowest BCUT2D eigenvalue weighted by Gasteiger charge is -2.12. The molecule has 1 heterocycles. The van der Waals surface area contributed by atoms with Gasteiger partial charge in [-0.15, -0.1) is 0 Å². The van der Waals surface area contributed by atoms with Gasteiger partial charge in [-0.05, 0) is 13.8 Å². The lowest BCUT2D eigenvalue weighted by atomic mass is 10.3. The standard InChI is InChI=1S/C11H17ClN4O/c1-7-8(2)15-11(10(12)14-7)13-6-5-9(17)16(3)4/h5-6H2,1-4H3,(H,13,15). The van der Waals surface area contributed by atoms with Crippen molar-refractivity contribution in [3.63, 3.8) is 0 Å². The highest BCUT2D eigenvalue weighted by Gasteiger charge is 2.08. The van der Waals surface area contributed by atoms with Crippen LogP contribution in [0.15, 0.2) is 0 Å². The largest absolute Gasteiger partial charge is 0.367 e. The van der Waals surface area contributed by atoms with Gasteiger partial charge in [0.15, 0.2) is 11.0 Å². The minimum absolute atomic E-state index is 0.0606. The van der Waals surface area contributed by atoms with Crippen LogP contribution in [-0.4, -0.2) is 41.4 Å². The van der Waals surface area contributed by atoms with E-state index in [1.807, 2.05) is 13.8 Å². The molecule has 1 N–H and O–H groups in total. The molecule has 5 nitrogen and oxygen atoms in total. The molecule has 0 unspecified atom stereocenters. The summed E-state index contributed by atoms with van der Waals surface area (Å²) in [5.41, 5.74) is 1.64. The van der Waals surface area contributed by atoms with Gasteiger partial charge in [0.25, 0.3) is 0 Å². The van der Waals surface area contributed by atoms with Crippen LogP contribution in [0, 0.1) is 13.8 Å². The monoisotopic (exact) mass is 256 g/mol. The van der Waals surface area contributed by atoms with Crippen LogP contribution in [-0.2, 0) is 4.79 Å². The fourth-order valence-corrected chi connectivity index (χ4v) is 1.44. The molecule has 0 bridgehead atoms. The van der Waals surface area contributed by atoms with E-state index in [0.717, 1.165) is 11.4 Å². The highest BCUT2D eigenvalue weighted by atomic mass is 35.5. The van der Waals surface area contributed by atoms with Crippen molar-refractivity contribution in [3.8, 4) is 0 Å². The number of aromatic nitrogens is 2. The van der Waals surface area contributed by atoms with Crippen molar-refractivity contribution >= 4 is 23.3 Å². The van der Waals surface area contributed by atoms with E-state index in [9.17, 15) is 4.79 Å². The number of carbonyl (C=O) groups excluding carboxylic acids is 1. The van der Waals surface area contributed by atoms with Gasteiger partial charge in [0.05, 0.1) is 11.4 Å². The van der Waals surface area contributed by atoms with E-state index in [1.165, 1.54) is 0 Å². The fourth-order valence-electron chi connectivity index (χ4n) is 1.20. The summed E-state index contributed by atoms with van der Waals surface area (Å²) < 4.78 is 0. The number of amides is 1. The maximum atomic E-state index is 11.4. The normalized spacial score (nSPS) is 10.2. The van der Waals surface area contributed by atoms with Crippen LogP contribution in [0.4, 0.5) is 5.82 Å². The maximum absolute atomic E-state index is 11.4. The van der Waals surface area contributed by atoms with E-state index in [2.05, 4.69) is 15.3 Å². The van der Waals surface area contributed by atoms with Crippen LogP contribution in [0.25, 0.3) is 0 Å². The molecular formula is C11H17ClN4O. The Morgan fingerprint density at radius 2 is 1.88 bits per heavy atom. The van der Waals surface area contributed by atoms with Gasteiger partial charge in [-0.2, -0.15) is 0 Å². The Morgan fingerprint density at radius 3 is 2.47 bits per heavy atom. The second-order valence-corrected chi connectivity index (χ2v) is 4.36. The zero-order chi connectivity index (χ0) is 13.0. The van der Waals surface area contributed by atoms with Gasteiger partial charge in [-0.3, -0.25) is 4.79 Å². The summed E-state index contributed by atoms with van der Waals surface area (Å²) in [4.78, 5) is 21.3. The van der Waals surface area contributed by atoms with Crippen molar-refractivity contribution in [1.29, 1.82) is 0 Å². The Morgan fingerprint density at radius 1 is 1.29 bits per heavy atom. The van der Waals surface area contributed by atoms with Crippen molar-refractivity contribution in [3.05, 3.63) is 16.5 Å². The molecule has 94 valence electrons. The summed E-state index contributed by atoms with van der Waals surface area (Å²) in [6, 6.07) is 0. The molecule has 1 amide bonds. The third-order valence-electron chi connectivity index (χ3n) is 2.39. The first-order valence-corrected chi connectivity index (χ1v) is 5.74. The van der Waals surface area contributed by atoms with Crippen molar-refractivity contribution in [2.45, 2.75) is 20.3 Å².